The number of halogens is 1. The molecule has 32 heavy (non-hydrogen) atoms. The van der Waals surface area contributed by atoms with E-state index in [1.54, 1.807) is 63.4 Å². The fourth-order valence-electron chi connectivity index (χ4n) is 3.21. The molecule has 9 heteroatoms. The average Bonchev–Trinajstić information content (AvgIpc) is 3.03. The molecule has 0 atom stereocenters. The molecule has 2 N–H and O–H groups in total. The van der Waals surface area contributed by atoms with Gasteiger partial charge in [-0.3, -0.25) is 15.0 Å². The normalized spacial score (nSPS) is 13.0. The van der Waals surface area contributed by atoms with Gasteiger partial charge in [0.1, 0.15) is 17.2 Å². The Morgan fingerprint density at radius 3 is 2.59 bits per heavy atom. The number of ether oxygens (including phenoxy) is 1. The van der Waals surface area contributed by atoms with E-state index in [1.807, 2.05) is 0 Å². The molecule has 3 aromatic rings. The number of amides is 2. The smallest absolute Gasteiger partial charge is 0.412 e. The van der Waals surface area contributed by atoms with Gasteiger partial charge in [0.2, 0.25) is 11.9 Å². The van der Waals surface area contributed by atoms with Crippen LogP contribution in [0.5, 0.6) is 0 Å². The highest BCUT2D eigenvalue weighted by atomic mass is 19.1. The highest BCUT2D eigenvalue weighted by Crippen LogP contribution is 2.35. The lowest BCUT2D eigenvalue weighted by molar-refractivity contribution is -0.116. The lowest BCUT2D eigenvalue weighted by atomic mass is 10.2. The Hall–Kier alpha value is -4.01. The number of rotatable bonds is 4. The van der Waals surface area contributed by atoms with Crippen LogP contribution in [-0.4, -0.2) is 27.6 Å². The molecule has 0 spiro atoms. The summed E-state index contributed by atoms with van der Waals surface area (Å²) in [5, 5.41) is 5.68. The van der Waals surface area contributed by atoms with E-state index in [9.17, 15) is 14.0 Å². The molecule has 1 aliphatic rings. The van der Waals surface area contributed by atoms with Gasteiger partial charge in [0.15, 0.2) is 0 Å². The lowest BCUT2D eigenvalue weighted by Crippen LogP contribution is -2.27. The van der Waals surface area contributed by atoms with E-state index in [-0.39, 0.29) is 24.1 Å². The number of hydrogen-bond donors (Lipinski definition) is 2. The monoisotopic (exact) mass is 435 g/mol. The Kier molecular flexibility index (Phi) is 5.48. The van der Waals surface area contributed by atoms with Gasteiger partial charge in [0.05, 0.1) is 12.1 Å². The van der Waals surface area contributed by atoms with Crippen molar-refractivity contribution in [3.63, 3.8) is 0 Å². The second kappa shape index (κ2) is 8.26. The standard InChI is InChI=1S/C23H22FN5O3/c1-23(2,3)32-22(31)27-17-5-4-6-18(12-17)29-19(30)11-14-13-25-21(28-20(14)29)26-16-9-7-15(24)8-10-16/h4-10,12-13H,11H2,1-3H3,(H,27,31)(H,25,26,28). The number of nitrogens with one attached hydrogen (secondary N) is 2. The first-order valence-electron chi connectivity index (χ1n) is 9.99. The summed E-state index contributed by atoms with van der Waals surface area (Å²) in [5.41, 5.74) is 1.71. The summed E-state index contributed by atoms with van der Waals surface area (Å²) < 4.78 is 18.4. The summed E-state index contributed by atoms with van der Waals surface area (Å²) in [5.74, 6) is 0.215. The van der Waals surface area contributed by atoms with Crippen molar-refractivity contribution in [2.75, 3.05) is 15.5 Å². The van der Waals surface area contributed by atoms with E-state index in [2.05, 4.69) is 20.6 Å². The zero-order valence-electron chi connectivity index (χ0n) is 17.8. The number of fused-ring (bicyclic) bond motifs is 1. The molecular formula is C23H22FN5O3. The number of carbonyl (C=O) groups is 2. The van der Waals surface area contributed by atoms with Crippen molar-refractivity contribution in [2.45, 2.75) is 32.8 Å². The molecular weight excluding hydrogens is 413 g/mol. The number of carbonyl (C=O) groups excluding carboxylic acids is 2. The molecule has 0 radical (unpaired) electrons. The van der Waals surface area contributed by atoms with E-state index in [4.69, 9.17) is 4.74 Å². The quantitative estimate of drug-likeness (QED) is 0.603. The predicted octanol–water partition coefficient (Wildman–Crippen LogP) is 4.93. The largest absolute Gasteiger partial charge is 0.444 e. The SMILES string of the molecule is CC(C)(C)OC(=O)Nc1cccc(N2C(=O)Cc3cnc(Nc4ccc(F)cc4)nc32)c1. The first-order valence-corrected chi connectivity index (χ1v) is 9.99. The Morgan fingerprint density at radius 1 is 1.12 bits per heavy atom. The van der Waals surface area contributed by atoms with E-state index < -0.39 is 11.7 Å². The van der Waals surface area contributed by atoms with Crippen LogP contribution in [0.4, 0.5) is 38.0 Å². The molecule has 1 aliphatic heterocycles. The van der Waals surface area contributed by atoms with Crippen LogP contribution >= 0.6 is 0 Å². The zero-order valence-corrected chi connectivity index (χ0v) is 17.8. The lowest BCUT2D eigenvalue weighted by Gasteiger charge is -2.21. The molecule has 0 saturated heterocycles. The maximum absolute atomic E-state index is 13.1. The van der Waals surface area contributed by atoms with Crippen molar-refractivity contribution in [3.8, 4) is 0 Å². The molecule has 0 unspecified atom stereocenters. The van der Waals surface area contributed by atoms with Crippen LogP contribution in [0.25, 0.3) is 0 Å². The second-order valence-electron chi connectivity index (χ2n) is 8.26. The average molecular weight is 435 g/mol. The molecule has 4 rings (SSSR count). The minimum absolute atomic E-state index is 0.163. The summed E-state index contributed by atoms with van der Waals surface area (Å²) >= 11 is 0. The maximum Gasteiger partial charge on any atom is 0.412 e. The van der Waals surface area contributed by atoms with Gasteiger partial charge < -0.3 is 10.1 Å². The van der Waals surface area contributed by atoms with Gasteiger partial charge in [-0.15, -0.1) is 0 Å². The number of nitrogens with zero attached hydrogens (tertiary/aromatic N) is 3. The molecule has 2 heterocycles. The molecule has 2 aromatic carbocycles. The number of benzene rings is 2. The van der Waals surface area contributed by atoms with E-state index in [1.165, 1.54) is 17.0 Å². The highest BCUT2D eigenvalue weighted by Gasteiger charge is 2.31. The van der Waals surface area contributed by atoms with Crippen LogP contribution in [0, 0.1) is 5.82 Å². The van der Waals surface area contributed by atoms with Gasteiger partial charge in [-0.25, -0.2) is 14.2 Å². The molecule has 0 fully saturated rings. The first-order chi connectivity index (χ1) is 15.2. The predicted molar refractivity (Wildman–Crippen MR) is 119 cm³/mol. The van der Waals surface area contributed by atoms with Gasteiger partial charge in [-0.05, 0) is 63.2 Å². The van der Waals surface area contributed by atoms with Gasteiger partial charge in [-0.2, -0.15) is 4.98 Å². The molecule has 1 aromatic heterocycles. The van der Waals surface area contributed by atoms with Crippen LogP contribution in [0.1, 0.15) is 26.3 Å². The Bertz CT molecular complexity index is 1170. The third kappa shape index (κ3) is 4.83. The van der Waals surface area contributed by atoms with E-state index >= 15 is 0 Å². The molecule has 2 amide bonds. The minimum atomic E-state index is -0.629. The van der Waals surface area contributed by atoms with Crippen LogP contribution in [-0.2, 0) is 16.0 Å². The third-order valence-corrected chi connectivity index (χ3v) is 4.49. The Labute approximate surface area is 184 Å². The fraction of sp³-hybridized carbons (Fsp3) is 0.217. The highest BCUT2D eigenvalue weighted by molar-refractivity contribution is 6.06. The van der Waals surface area contributed by atoms with Gasteiger partial charge in [0.25, 0.3) is 0 Å². The summed E-state index contributed by atoms with van der Waals surface area (Å²) in [6.07, 6.45) is 1.17. The van der Waals surface area contributed by atoms with Crippen molar-refractivity contribution in [1.29, 1.82) is 0 Å². The van der Waals surface area contributed by atoms with Gasteiger partial charge >= 0.3 is 6.09 Å². The van der Waals surface area contributed by atoms with Crippen LogP contribution in [0.15, 0.2) is 54.7 Å². The fourth-order valence-corrected chi connectivity index (χ4v) is 3.21. The van der Waals surface area contributed by atoms with E-state index in [0.29, 0.717) is 28.4 Å². The Morgan fingerprint density at radius 2 is 1.88 bits per heavy atom. The van der Waals surface area contributed by atoms with Crippen LogP contribution < -0.4 is 15.5 Å². The minimum Gasteiger partial charge on any atom is -0.444 e. The second-order valence-corrected chi connectivity index (χ2v) is 8.26. The summed E-state index contributed by atoms with van der Waals surface area (Å²) in [4.78, 5) is 35.1. The van der Waals surface area contributed by atoms with Crippen molar-refractivity contribution >= 4 is 40.8 Å². The Balaban J connectivity index is 1.58. The summed E-state index contributed by atoms with van der Waals surface area (Å²) in [6.45, 7) is 5.33. The van der Waals surface area contributed by atoms with Crippen LogP contribution in [0.3, 0.4) is 0 Å². The molecule has 0 aliphatic carbocycles. The third-order valence-electron chi connectivity index (χ3n) is 4.49. The molecule has 0 bridgehead atoms. The topological polar surface area (TPSA) is 96.5 Å². The molecule has 164 valence electrons. The van der Waals surface area contributed by atoms with Crippen molar-refractivity contribution in [2.24, 2.45) is 0 Å². The van der Waals surface area contributed by atoms with Crippen molar-refractivity contribution < 1.29 is 18.7 Å². The van der Waals surface area contributed by atoms with Gasteiger partial charge in [-0.1, -0.05) is 6.07 Å². The zero-order chi connectivity index (χ0) is 22.9. The summed E-state index contributed by atoms with van der Waals surface area (Å²) in [6, 6.07) is 12.7. The number of hydrogen-bond acceptors (Lipinski definition) is 6. The van der Waals surface area contributed by atoms with E-state index in [0.717, 1.165) is 0 Å². The molecule has 0 saturated carbocycles. The number of aromatic nitrogens is 2. The van der Waals surface area contributed by atoms with Crippen molar-refractivity contribution in [3.05, 3.63) is 66.1 Å². The number of anilines is 5. The van der Waals surface area contributed by atoms with Crippen molar-refractivity contribution in [1.82, 2.24) is 9.97 Å². The first kappa shape index (κ1) is 21.2. The van der Waals surface area contributed by atoms with Gasteiger partial charge in [0, 0.05) is 23.1 Å². The molecule has 8 nitrogen and oxygen atoms in total. The van der Waals surface area contributed by atoms with Crippen LogP contribution in [0.2, 0.25) is 0 Å². The summed E-state index contributed by atoms with van der Waals surface area (Å²) in [7, 11) is 0. The maximum atomic E-state index is 13.1.